The Kier molecular flexibility index (Phi) is 4.70. The molecule has 0 spiro atoms. The quantitative estimate of drug-likeness (QED) is 0.577. The smallest absolute Gasteiger partial charge is 0.335 e. The zero-order chi connectivity index (χ0) is 22.5. The van der Waals surface area contributed by atoms with Crippen LogP contribution in [0.5, 0.6) is 0 Å². The van der Waals surface area contributed by atoms with Gasteiger partial charge in [-0.3, -0.25) is 9.59 Å². The van der Waals surface area contributed by atoms with Gasteiger partial charge in [-0.25, -0.2) is 4.79 Å². The summed E-state index contributed by atoms with van der Waals surface area (Å²) >= 11 is 1.32. The van der Waals surface area contributed by atoms with Crippen LogP contribution in [0.1, 0.15) is 39.1 Å². The van der Waals surface area contributed by atoms with Crippen molar-refractivity contribution in [3.05, 3.63) is 59.2 Å². The molecule has 1 fully saturated rings. The van der Waals surface area contributed by atoms with Gasteiger partial charge < -0.3 is 15.7 Å². The molecule has 2 aromatic carbocycles. The Morgan fingerprint density at radius 1 is 1.06 bits per heavy atom. The van der Waals surface area contributed by atoms with Gasteiger partial charge >= 0.3 is 5.97 Å². The first-order valence-electron chi connectivity index (χ1n) is 9.94. The number of primary amides is 1. The molecule has 0 saturated heterocycles. The number of hydrogen-bond acceptors (Lipinski definition) is 7. The Labute approximate surface area is 186 Å². The molecule has 0 bridgehead atoms. The third-order valence-electron chi connectivity index (χ3n) is 5.68. The molecule has 5 rings (SSSR count). The highest BCUT2D eigenvalue weighted by atomic mass is 32.2. The van der Waals surface area contributed by atoms with E-state index in [1.165, 1.54) is 28.6 Å². The second-order valence-corrected chi connectivity index (χ2v) is 9.09. The van der Waals surface area contributed by atoms with Crippen molar-refractivity contribution in [2.24, 2.45) is 5.73 Å². The Bertz CT molecular complexity index is 1250. The minimum absolute atomic E-state index is 0.0103. The molecule has 32 heavy (non-hydrogen) atoms. The molecule has 0 radical (unpaired) electrons. The molecule has 1 aromatic heterocycles. The van der Waals surface area contributed by atoms with Crippen molar-refractivity contribution >= 4 is 35.2 Å². The van der Waals surface area contributed by atoms with Crippen LogP contribution in [0.2, 0.25) is 0 Å². The molecule has 1 aliphatic carbocycles. The van der Waals surface area contributed by atoms with Crippen molar-refractivity contribution in [2.45, 2.75) is 29.2 Å². The van der Waals surface area contributed by atoms with Crippen LogP contribution in [0.15, 0.2) is 47.6 Å². The molecule has 10 nitrogen and oxygen atoms in total. The molecule has 2 amide bonds. The molecular formula is C21H18N6O4S. The van der Waals surface area contributed by atoms with Gasteiger partial charge in [0.25, 0.3) is 0 Å². The molecule has 11 heteroatoms. The number of benzene rings is 2. The first-order valence-corrected chi connectivity index (χ1v) is 10.8. The normalized spacial score (nSPS) is 15.9. The Hall–Kier alpha value is -3.73. The van der Waals surface area contributed by atoms with Gasteiger partial charge in [0, 0.05) is 17.8 Å². The van der Waals surface area contributed by atoms with Gasteiger partial charge in [0.05, 0.1) is 11.3 Å². The Balaban J connectivity index is 1.38. The fourth-order valence-electron chi connectivity index (χ4n) is 3.81. The number of carboxylic acid groups (broad SMARTS) is 1. The number of fused-ring (bicyclic) bond motifs is 1. The molecule has 162 valence electrons. The van der Waals surface area contributed by atoms with Crippen molar-refractivity contribution in [2.75, 3.05) is 11.4 Å². The van der Waals surface area contributed by atoms with E-state index in [0.717, 1.165) is 11.3 Å². The maximum absolute atomic E-state index is 13.5. The van der Waals surface area contributed by atoms with Gasteiger partial charge in [0.15, 0.2) is 0 Å². The van der Waals surface area contributed by atoms with Crippen molar-refractivity contribution in [3.63, 3.8) is 0 Å². The highest BCUT2D eigenvalue weighted by Gasteiger charge is 2.54. The van der Waals surface area contributed by atoms with Crippen LogP contribution in [0, 0.1) is 0 Å². The minimum Gasteiger partial charge on any atom is -0.478 e. The number of rotatable bonds is 6. The molecule has 1 aliphatic heterocycles. The largest absolute Gasteiger partial charge is 0.478 e. The van der Waals surface area contributed by atoms with E-state index in [1.807, 2.05) is 0 Å². The first kappa shape index (κ1) is 20.2. The summed E-state index contributed by atoms with van der Waals surface area (Å²) in [5, 5.41) is 21.4. The number of hydrogen-bond donors (Lipinski definition) is 2. The lowest BCUT2D eigenvalue weighted by atomic mass is 10.1. The molecule has 3 aromatic rings. The van der Waals surface area contributed by atoms with Crippen LogP contribution in [0.4, 0.5) is 5.69 Å². The number of aromatic carboxylic acids is 1. The number of thioether (sulfide) groups is 1. The summed E-state index contributed by atoms with van der Waals surface area (Å²) in [4.78, 5) is 37.8. The van der Waals surface area contributed by atoms with Crippen molar-refractivity contribution in [1.82, 2.24) is 20.2 Å². The number of tetrazole rings is 1. The second kappa shape index (κ2) is 7.45. The second-order valence-electron chi connectivity index (χ2n) is 7.74. The van der Waals surface area contributed by atoms with Crippen LogP contribution in [-0.4, -0.2) is 54.4 Å². The average molecular weight is 450 g/mol. The van der Waals surface area contributed by atoms with E-state index in [-0.39, 0.29) is 11.5 Å². The lowest BCUT2D eigenvalue weighted by Gasteiger charge is -2.23. The summed E-state index contributed by atoms with van der Waals surface area (Å²) in [5.41, 5.74) is 8.30. The average Bonchev–Trinajstić information content (AvgIpc) is 3.23. The molecule has 2 heterocycles. The lowest BCUT2D eigenvalue weighted by Crippen LogP contribution is -2.38. The van der Waals surface area contributed by atoms with Crippen molar-refractivity contribution in [3.8, 4) is 5.69 Å². The SMILES string of the molecule is NC(=O)c1ccc2c(c1)CCN2C(=O)C1(Sc2nnnn2-c2ccc(C(=O)O)cc2)CC1. The van der Waals surface area contributed by atoms with Gasteiger partial charge in [-0.2, -0.15) is 4.68 Å². The molecule has 1 saturated carbocycles. The van der Waals surface area contributed by atoms with Gasteiger partial charge in [-0.05, 0) is 77.7 Å². The number of aromatic nitrogens is 4. The fourth-order valence-corrected chi connectivity index (χ4v) is 4.97. The van der Waals surface area contributed by atoms with E-state index in [1.54, 1.807) is 35.2 Å². The molecule has 2 aliphatic rings. The fraction of sp³-hybridized carbons (Fsp3) is 0.238. The van der Waals surface area contributed by atoms with Gasteiger partial charge in [-0.15, -0.1) is 5.10 Å². The summed E-state index contributed by atoms with van der Waals surface area (Å²) in [5.74, 6) is -1.52. The topological polar surface area (TPSA) is 144 Å². The van der Waals surface area contributed by atoms with Crippen LogP contribution in [0.3, 0.4) is 0 Å². The van der Waals surface area contributed by atoms with E-state index in [2.05, 4.69) is 15.5 Å². The zero-order valence-electron chi connectivity index (χ0n) is 16.8. The minimum atomic E-state index is -1.01. The summed E-state index contributed by atoms with van der Waals surface area (Å²) in [7, 11) is 0. The number of nitrogens with zero attached hydrogens (tertiary/aromatic N) is 5. The monoisotopic (exact) mass is 450 g/mol. The van der Waals surface area contributed by atoms with Crippen molar-refractivity contribution in [1.29, 1.82) is 0 Å². The summed E-state index contributed by atoms with van der Waals surface area (Å²) < 4.78 is 0.845. The van der Waals surface area contributed by atoms with E-state index >= 15 is 0 Å². The molecule has 3 N–H and O–H groups in total. The van der Waals surface area contributed by atoms with Gasteiger partial charge in [0.1, 0.15) is 4.75 Å². The predicted molar refractivity (Wildman–Crippen MR) is 115 cm³/mol. The number of carbonyl (C=O) groups excluding carboxylic acids is 2. The van der Waals surface area contributed by atoms with Gasteiger partial charge in [0.2, 0.25) is 17.0 Å². The van der Waals surface area contributed by atoms with E-state index in [0.29, 0.717) is 42.2 Å². The highest BCUT2D eigenvalue weighted by Crippen LogP contribution is 2.53. The van der Waals surface area contributed by atoms with Gasteiger partial charge in [-0.1, -0.05) is 11.8 Å². The lowest BCUT2D eigenvalue weighted by molar-refractivity contribution is -0.118. The summed E-state index contributed by atoms with van der Waals surface area (Å²) in [6, 6.07) is 11.4. The maximum atomic E-state index is 13.5. The zero-order valence-corrected chi connectivity index (χ0v) is 17.6. The number of nitrogens with two attached hydrogens (primary N) is 1. The maximum Gasteiger partial charge on any atom is 0.335 e. The number of amides is 2. The summed E-state index contributed by atoms with van der Waals surface area (Å²) in [6.07, 6.45) is 2.07. The van der Waals surface area contributed by atoms with Crippen LogP contribution in [0.25, 0.3) is 5.69 Å². The third-order valence-corrected chi connectivity index (χ3v) is 7.10. The molecule has 0 atom stereocenters. The predicted octanol–water partition coefficient (Wildman–Crippen LogP) is 1.67. The first-order chi connectivity index (χ1) is 15.4. The van der Waals surface area contributed by atoms with Crippen LogP contribution < -0.4 is 10.6 Å². The number of anilines is 1. The standard InChI is InChI=1S/C21H18N6O4S/c22-17(28)14-3-6-16-13(11-14)7-10-26(16)19(31)21(8-9-21)32-20-23-24-25-27(20)15-4-1-12(2-5-15)18(29)30/h1-6,11H,7-10H2,(H2,22,28)(H,29,30). The summed E-state index contributed by atoms with van der Waals surface area (Å²) in [6.45, 7) is 0.542. The molecular weight excluding hydrogens is 432 g/mol. The number of carbonyl (C=O) groups is 3. The van der Waals surface area contributed by atoms with Crippen LogP contribution in [-0.2, 0) is 11.2 Å². The Morgan fingerprint density at radius 2 is 1.78 bits per heavy atom. The Morgan fingerprint density at radius 3 is 2.44 bits per heavy atom. The molecule has 0 unspecified atom stereocenters. The van der Waals surface area contributed by atoms with E-state index < -0.39 is 16.6 Å². The van der Waals surface area contributed by atoms with Crippen LogP contribution >= 0.6 is 11.8 Å². The third kappa shape index (κ3) is 3.40. The van der Waals surface area contributed by atoms with Crippen molar-refractivity contribution < 1.29 is 19.5 Å². The van der Waals surface area contributed by atoms with E-state index in [4.69, 9.17) is 10.8 Å². The van der Waals surface area contributed by atoms with E-state index in [9.17, 15) is 14.4 Å². The highest BCUT2D eigenvalue weighted by molar-refractivity contribution is 8.01. The number of carboxylic acids is 1.